The Morgan fingerprint density at radius 3 is 2.29 bits per heavy atom. The fourth-order valence-electron chi connectivity index (χ4n) is 3.89. The molecule has 3 atom stereocenters. The van der Waals surface area contributed by atoms with Crippen LogP contribution in [-0.4, -0.2) is 52.8 Å². The number of rotatable bonds is 15. The molecule has 9 nitrogen and oxygen atoms in total. The predicted molar refractivity (Wildman–Crippen MR) is 165 cm³/mol. The largest absolute Gasteiger partial charge is 0.486 e. The smallest absolute Gasteiger partial charge is 0.246 e. The Labute approximate surface area is 252 Å². The molecule has 230 valence electrons. The highest BCUT2D eigenvalue weighted by Gasteiger charge is 2.22. The SMILES string of the molecule is CCC(SC(C)C)C(=O)NCCC(=O)NC(C)C(=O)N[C@@H](C)C(=O)Nc1cccc(COc2ccc(C)c(C)c2F)c1. The number of hydrogen-bond donors (Lipinski definition) is 4. The topological polar surface area (TPSA) is 126 Å². The van der Waals surface area contributed by atoms with Crippen molar-refractivity contribution >= 4 is 41.1 Å². The lowest BCUT2D eigenvalue weighted by Crippen LogP contribution is -2.50. The van der Waals surface area contributed by atoms with Crippen molar-refractivity contribution < 1.29 is 28.3 Å². The van der Waals surface area contributed by atoms with Crippen LogP contribution in [0.5, 0.6) is 5.75 Å². The van der Waals surface area contributed by atoms with Crippen LogP contribution in [-0.2, 0) is 25.8 Å². The first kappa shape index (κ1) is 34.6. The summed E-state index contributed by atoms with van der Waals surface area (Å²) in [6.45, 7) is 12.8. The zero-order valence-electron chi connectivity index (χ0n) is 25.4. The molecule has 2 unspecified atom stereocenters. The van der Waals surface area contributed by atoms with E-state index < -0.39 is 29.7 Å². The second-order valence-corrected chi connectivity index (χ2v) is 12.2. The number of amides is 4. The number of nitrogens with one attached hydrogen (secondary N) is 4. The zero-order chi connectivity index (χ0) is 31.4. The van der Waals surface area contributed by atoms with Gasteiger partial charge in [-0.3, -0.25) is 19.2 Å². The lowest BCUT2D eigenvalue weighted by molar-refractivity contribution is -0.130. The molecule has 42 heavy (non-hydrogen) atoms. The summed E-state index contributed by atoms with van der Waals surface area (Å²) in [6.07, 6.45) is 0.719. The van der Waals surface area contributed by atoms with E-state index in [0.717, 1.165) is 11.1 Å². The monoisotopic (exact) mass is 602 g/mol. The first-order valence-electron chi connectivity index (χ1n) is 14.1. The van der Waals surface area contributed by atoms with E-state index in [1.807, 2.05) is 27.7 Å². The van der Waals surface area contributed by atoms with Crippen LogP contribution in [0.4, 0.5) is 10.1 Å². The Morgan fingerprint density at radius 1 is 0.929 bits per heavy atom. The minimum Gasteiger partial charge on any atom is -0.486 e. The van der Waals surface area contributed by atoms with E-state index in [0.29, 0.717) is 22.9 Å². The van der Waals surface area contributed by atoms with Gasteiger partial charge in [-0.1, -0.05) is 39.0 Å². The highest BCUT2D eigenvalue weighted by molar-refractivity contribution is 8.01. The van der Waals surface area contributed by atoms with Crippen molar-refractivity contribution in [3.8, 4) is 5.75 Å². The van der Waals surface area contributed by atoms with Crippen molar-refractivity contribution in [2.75, 3.05) is 11.9 Å². The molecule has 0 saturated heterocycles. The summed E-state index contributed by atoms with van der Waals surface area (Å²) in [5.41, 5.74) is 2.58. The zero-order valence-corrected chi connectivity index (χ0v) is 26.2. The molecule has 11 heteroatoms. The van der Waals surface area contributed by atoms with Crippen LogP contribution >= 0.6 is 11.8 Å². The minimum absolute atomic E-state index is 0.0262. The van der Waals surface area contributed by atoms with Gasteiger partial charge in [0, 0.05) is 18.7 Å². The fraction of sp³-hybridized carbons (Fsp3) is 0.484. The molecule has 0 heterocycles. The van der Waals surface area contributed by atoms with E-state index in [1.54, 1.807) is 55.1 Å². The summed E-state index contributed by atoms with van der Waals surface area (Å²) in [7, 11) is 0. The molecule has 2 aromatic rings. The van der Waals surface area contributed by atoms with Gasteiger partial charge in [-0.05, 0) is 74.3 Å². The van der Waals surface area contributed by atoms with Crippen molar-refractivity contribution in [3.63, 3.8) is 0 Å². The van der Waals surface area contributed by atoms with Crippen molar-refractivity contribution in [2.24, 2.45) is 0 Å². The lowest BCUT2D eigenvalue weighted by Gasteiger charge is -2.19. The molecule has 2 aromatic carbocycles. The highest BCUT2D eigenvalue weighted by Crippen LogP contribution is 2.24. The standard InChI is InChI=1S/C31H43FN4O5S/c1-8-26(42-18(2)3)31(40)33-15-14-27(37)34-21(6)29(38)35-22(7)30(39)36-24-11-9-10-23(16-24)17-41-25-13-12-19(4)20(5)28(25)32/h9-13,16,18,21-22,26H,8,14-15,17H2,1-7H3,(H,33,40)(H,34,37)(H,35,38)(H,36,39)/t21?,22-,26?/m0/s1. The number of anilines is 1. The molecule has 0 spiro atoms. The van der Waals surface area contributed by atoms with Crippen molar-refractivity contribution in [3.05, 3.63) is 58.9 Å². The van der Waals surface area contributed by atoms with Gasteiger partial charge in [0.05, 0.1) is 5.25 Å². The maximum Gasteiger partial charge on any atom is 0.246 e. The number of hydrogen-bond acceptors (Lipinski definition) is 6. The highest BCUT2D eigenvalue weighted by atomic mass is 32.2. The summed E-state index contributed by atoms with van der Waals surface area (Å²) in [6, 6.07) is 8.55. The normalized spacial score (nSPS) is 13.1. The number of thioether (sulfide) groups is 1. The van der Waals surface area contributed by atoms with Gasteiger partial charge in [0.15, 0.2) is 11.6 Å². The Bertz CT molecular complexity index is 1260. The van der Waals surface area contributed by atoms with Gasteiger partial charge in [0.1, 0.15) is 18.7 Å². The quantitative estimate of drug-likeness (QED) is 0.240. The summed E-state index contributed by atoms with van der Waals surface area (Å²) in [5.74, 6) is -1.72. The molecular weight excluding hydrogens is 559 g/mol. The second kappa shape index (κ2) is 16.7. The van der Waals surface area contributed by atoms with Gasteiger partial charge < -0.3 is 26.0 Å². The second-order valence-electron chi connectivity index (χ2n) is 10.4. The van der Waals surface area contributed by atoms with Crippen molar-refractivity contribution in [1.82, 2.24) is 16.0 Å². The third kappa shape index (κ3) is 11.0. The van der Waals surface area contributed by atoms with Crippen LogP contribution in [0.25, 0.3) is 0 Å². The molecule has 4 N–H and O–H groups in total. The van der Waals surface area contributed by atoms with Gasteiger partial charge in [0.2, 0.25) is 23.6 Å². The van der Waals surface area contributed by atoms with Gasteiger partial charge >= 0.3 is 0 Å². The van der Waals surface area contributed by atoms with Crippen molar-refractivity contribution in [2.45, 2.75) is 90.5 Å². The van der Waals surface area contributed by atoms with Gasteiger partial charge in [-0.2, -0.15) is 0 Å². The average Bonchev–Trinajstić information content (AvgIpc) is 2.94. The first-order chi connectivity index (χ1) is 19.8. The molecule has 0 radical (unpaired) electrons. The van der Waals surface area contributed by atoms with Gasteiger partial charge in [0.25, 0.3) is 0 Å². The maximum absolute atomic E-state index is 14.4. The number of halogens is 1. The Hall–Kier alpha value is -3.60. The van der Waals surface area contributed by atoms with E-state index in [4.69, 9.17) is 4.74 Å². The van der Waals surface area contributed by atoms with E-state index in [2.05, 4.69) is 21.3 Å². The van der Waals surface area contributed by atoms with E-state index in [-0.39, 0.29) is 42.4 Å². The molecule has 0 aliphatic carbocycles. The molecule has 0 bridgehead atoms. The minimum atomic E-state index is -0.884. The average molecular weight is 603 g/mol. The molecular formula is C31H43FN4O5S. The lowest BCUT2D eigenvalue weighted by atomic mass is 10.1. The molecule has 4 amide bonds. The number of ether oxygens (including phenoxy) is 1. The molecule has 0 aliphatic heterocycles. The number of benzene rings is 2. The maximum atomic E-state index is 14.4. The van der Waals surface area contributed by atoms with E-state index >= 15 is 0 Å². The molecule has 0 aliphatic rings. The fourth-order valence-corrected chi connectivity index (χ4v) is 4.94. The van der Waals surface area contributed by atoms with Crippen LogP contribution in [0.2, 0.25) is 0 Å². The number of carbonyl (C=O) groups is 4. The van der Waals surface area contributed by atoms with E-state index in [1.165, 1.54) is 13.8 Å². The molecule has 0 saturated carbocycles. The first-order valence-corrected chi connectivity index (χ1v) is 15.1. The predicted octanol–water partition coefficient (Wildman–Crippen LogP) is 4.40. The third-order valence-electron chi connectivity index (χ3n) is 6.48. The summed E-state index contributed by atoms with van der Waals surface area (Å²) in [5, 5.41) is 10.8. The molecule has 0 aromatic heterocycles. The summed E-state index contributed by atoms with van der Waals surface area (Å²) in [4.78, 5) is 49.9. The van der Waals surface area contributed by atoms with Crippen LogP contribution in [0.1, 0.15) is 64.2 Å². The van der Waals surface area contributed by atoms with Crippen LogP contribution in [0.15, 0.2) is 36.4 Å². The molecule has 2 rings (SSSR count). The molecule has 0 fully saturated rings. The van der Waals surface area contributed by atoms with Gasteiger partial charge in [-0.25, -0.2) is 4.39 Å². The Morgan fingerprint density at radius 2 is 1.62 bits per heavy atom. The summed E-state index contributed by atoms with van der Waals surface area (Å²) < 4.78 is 20.1. The number of aryl methyl sites for hydroxylation is 1. The van der Waals surface area contributed by atoms with Crippen LogP contribution < -0.4 is 26.0 Å². The Balaban J connectivity index is 1.80. The van der Waals surface area contributed by atoms with Gasteiger partial charge in [-0.15, -0.1) is 11.8 Å². The number of carbonyl (C=O) groups excluding carboxylic acids is 4. The van der Waals surface area contributed by atoms with Crippen LogP contribution in [0.3, 0.4) is 0 Å². The Kier molecular flexibility index (Phi) is 13.8. The summed E-state index contributed by atoms with van der Waals surface area (Å²) >= 11 is 1.58. The van der Waals surface area contributed by atoms with E-state index in [9.17, 15) is 23.6 Å². The van der Waals surface area contributed by atoms with Crippen LogP contribution in [0, 0.1) is 19.7 Å². The third-order valence-corrected chi connectivity index (χ3v) is 7.90. The van der Waals surface area contributed by atoms with Crippen molar-refractivity contribution in [1.29, 1.82) is 0 Å².